The molecule has 17 heavy (non-hydrogen) atoms. The van der Waals surface area contributed by atoms with Gasteiger partial charge in [-0.15, -0.1) is 0 Å². The lowest BCUT2D eigenvalue weighted by Gasteiger charge is -2.07. The number of esters is 1. The molecular weight excluding hydrogens is 220 g/mol. The van der Waals surface area contributed by atoms with Crippen molar-refractivity contribution in [3.05, 3.63) is 23.8 Å². The minimum Gasteiger partial charge on any atom is -0.508 e. The number of phenols is 2. The molecule has 1 rings (SSSR count). The van der Waals surface area contributed by atoms with Gasteiger partial charge in [0.1, 0.15) is 17.1 Å². The Morgan fingerprint density at radius 2 is 2.06 bits per heavy atom. The SMILES string of the molecule is CC(C)CCCOC(=O)c1cc(O)ccc1O. The normalized spacial score (nSPS) is 10.5. The second-order valence-electron chi connectivity index (χ2n) is 4.37. The van der Waals surface area contributed by atoms with Crippen molar-refractivity contribution >= 4 is 5.97 Å². The van der Waals surface area contributed by atoms with Crippen molar-refractivity contribution in [2.24, 2.45) is 5.92 Å². The molecule has 1 aromatic carbocycles. The number of carbonyl (C=O) groups excluding carboxylic acids is 1. The molecule has 0 bridgehead atoms. The van der Waals surface area contributed by atoms with E-state index in [-0.39, 0.29) is 17.1 Å². The fourth-order valence-electron chi connectivity index (χ4n) is 1.42. The van der Waals surface area contributed by atoms with Crippen LogP contribution in [0.15, 0.2) is 18.2 Å². The third-order valence-electron chi connectivity index (χ3n) is 2.36. The first-order chi connectivity index (χ1) is 8.00. The summed E-state index contributed by atoms with van der Waals surface area (Å²) >= 11 is 0. The van der Waals surface area contributed by atoms with E-state index in [9.17, 15) is 15.0 Å². The van der Waals surface area contributed by atoms with Crippen molar-refractivity contribution in [2.75, 3.05) is 6.61 Å². The van der Waals surface area contributed by atoms with Gasteiger partial charge in [-0.25, -0.2) is 4.79 Å². The first-order valence-electron chi connectivity index (χ1n) is 5.70. The number of aromatic hydroxyl groups is 2. The molecule has 0 fully saturated rings. The molecule has 0 unspecified atom stereocenters. The van der Waals surface area contributed by atoms with Crippen molar-refractivity contribution in [3.8, 4) is 11.5 Å². The Morgan fingerprint density at radius 3 is 2.71 bits per heavy atom. The van der Waals surface area contributed by atoms with Crippen LogP contribution < -0.4 is 0 Å². The van der Waals surface area contributed by atoms with Crippen molar-refractivity contribution < 1.29 is 19.7 Å². The molecule has 0 saturated carbocycles. The van der Waals surface area contributed by atoms with Gasteiger partial charge in [0.2, 0.25) is 0 Å². The highest BCUT2D eigenvalue weighted by molar-refractivity contribution is 5.92. The van der Waals surface area contributed by atoms with Crippen LogP contribution in [0.1, 0.15) is 37.0 Å². The van der Waals surface area contributed by atoms with Crippen LogP contribution in [0.4, 0.5) is 0 Å². The number of hydrogen-bond acceptors (Lipinski definition) is 4. The second-order valence-corrected chi connectivity index (χ2v) is 4.37. The summed E-state index contributed by atoms with van der Waals surface area (Å²) in [7, 11) is 0. The van der Waals surface area contributed by atoms with Gasteiger partial charge >= 0.3 is 5.97 Å². The third-order valence-corrected chi connectivity index (χ3v) is 2.36. The fraction of sp³-hybridized carbons (Fsp3) is 0.462. The predicted molar refractivity (Wildman–Crippen MR) is 64.1 cm³/mol. The average Bonchev–Trinajstić information content (AvgIpc) is 2.27. The van der Waals surface area contributed by atoms with Gasteiger partial charge < -0.3 is 14.9 Å². The molecule has 4 nitrogen and oxygen atoms in total. The van der Waals surface area contributed by atoms with Crippen molar-refractivity contribution in [2.45, 2.75) is 26.7 Å². The van der Waals surface area contributed by atoms with Crippen LogP contribution in [0.5, 0.6) is 11.5 Å². The first kappa shape index (κ1) is 13.4. The van der Waals surface area contributed by atoms with E-state index in [4.69, 9.17) is 4.74 Å². The highest BCUT2D eigenvalue weighted by Gasteiger charge is 2.13. The third kappa shape index (κ3) is 4.34. The first-order valence-corrected chi connectivity index (χ1v) is 5.70. The number of hydrogen-bond donors (Lipinski definition) is 2. The Labute approximate surface area is 101 Å². The van der Waals surface area contributed by atoms with E-state index < -0.39 is 5.97 Å². The minimum absolute atomic E-state index is 0.00505. The quantitative estimate of drug-likeness (QED) is 0.470. The second kappa shape index (κ2) is 6.13. The Balaban J connectivity index is 2.49. The predicted octanol–water partition coefficient (Wildman–Crippen LogP) is 2.69. The van der Waals surface area contributed by atoms with Crippen LogP contribution in [-0.4, -0.2) is 22.8 Å². The Bertz CT molecular complexity index is 385. The minimum atomic E-state index is -0.609. The van der Waals surface area contributed by atoms with Crippen LogP contribution in [0.3, 0.4) is 0 Å². The van der Waals surface area contributed by atoms with Crippen LogP contribution in [-0.2, 0) is 4.74 Å². The number of ether oxygens (including phenoxy) is 1. The Hall–Kier alpha value is -1.71. The maximum Gasteiger partial charge on any atom is 0.342 e. The van der Waals surface area contributed by atoms with Crippen molar-refractivity contribution in [1.82, 2.24) is 0 Å². The maximum absolute atomic E-state index is 11.6. The lowest BCUT2D eigenvalue weighted by Crippen LogP contribution is -2.07. The van der Waals surface area contributed by atoms with Crippen LogP contribution >= 0.6 is 0 Å². The number of phenolic OH excluding ortho intramolecular Hbond substituents is 2. The van der Waals surface area contributed by atoms with Gasteiger partial charge in [-0.05, 0) is 37.0 Å². The molecule has 0 aromatic heterocycles. The summed E-state index contributed by atoms with van der Waals surface area (Å²) in [6.07, 6.45) is 1.78. The molecule has 0 radical (unpaired) electrons. The standard InChI is InChI=1S/C13H18O4/c1-9(2)4-3-7-17-13(16)11-8-10(14)5-6-12(11)15/h5-6,8-9,14-15H,3-4,7H2,1-2H3. The van der Waals surface area contributed by atoms with Gasteiger partial charge in [-0.1, -0.05) is 13.8 Å². The molecule has 0 aliphatic carbocycles. The van der Waals surface area contributed by atoms with Gasteiger partial charge in [0.05, 0.1) is 6.61 Å². The number of rotatable bonds is 5. The molecule has 0 aliphatic rings. The van der Waals surface area contributed by atoms with E-state index in [0.29, 0.717) is 12.5 Å². The van der Waals surface area contributed by atoms with Crippen LogP contribution in [0, 0.1) is 5.92 Å². The summed E-state index contributed by atoms with van der Waals surface area (Å²) in [5, 5.41) is 18.7. The molecule has 0 atom stereocenters. The monoisotopic (exact) mass is 238 g/mol. The van der Waals surface area contributed by atoms with E-state index in [1.54, 1.807) is 0 Å². The smallest absolute Gasteiger partial charge is 0.342 e. The molecule has 2 N–H and O–H groups in total. The fourth-order valence-corrected chi connectivity index (χ4v) is 1.42. The molecular formula is C13H18O4. The summed E-state index contributed by atoms with van der Waals surface area (Å²) in [6, 6.07) is 3.77. The highest BCUT2D eigenvalue weighted by atomic mass is 16.5. The van der Waals surface area contributed by atoms with E-state index in [1.807, 2.05) is 0 Å². The zero-order valence-electron chi connectivity index (χ0n) is 10.1. The average molecular weight is 238 g/mol. The number of benzene rings is 1. The molecule has 1 aromatic rings. The number of carbonyl (C=O) groups is 1. The summed E-state index contributed by atoms with van der Waals surface area (Å²) in [5.74, 6) is -0.293. The summed E-state index contributed by atoms with van der Waals surface area (Å²) in [4.78, 5) is 11.6. The van der Waals surface area contributed by atoms with Crippen molar-refractivity contribution in [1.29, 1.82) is 0 Å². The van der Waals surface area contributed by atoms with Gasteiger partial charge in [0, 0.05) is 0 Å². The summed E-state index contributed by atoms with van der Waals surface area (Å²) in [6.45, 7) is 4.53. The van der Waals surface area contributed by atoms with Gasteiger partial charge in [0.15, 0.2) is 0 Å². The molecule has 4 heteroatoms. The van der Waals surface area contributed by atoms with Crippen molar-refractivity contribution in [3.63, 3.8) is 0 Å². The van der Waals surface area contributed by atoms with Gasteiger partial charge in [-0.3, -0.25) is 0 Å². The zero-order chi connectivity index (χ0) is 12.8. The van der Waals surface area contributed by atoms with Crippen LogP contribution in [0.25, 0.3) is 0 Å². The molecule has 0 aliphatic heterocycles. The highest BCUT2D eigenvalue weighted by Crippen LogP contribution is 2.22. The Kier molecular flexibility index (Phi) is 4.82. The largest absolute Gasteiger partial charge is 0.508 e. The van der Waals surface area contributed by atoms with E-state index in [2.05, 4.69) is 13.8 Å². The van der Waals surface area contributed by atoms with E-state index >= 15 is 0 Å². The van der Waals surface area contributed by atoms with E-state index in [1.165, 1.54) is 18.2 Å². The molecule has 94 valence electrons. The van der Waals surface area contributed by atoms with Gasteiger partial charge in [-0.2, -0.15) is 0 Å². The zero-order valence-corrected chi connectivity index (χ0v) is 10.1. The molecule has 0 heterocycles. The summed E-state index contributed by atoms with van der Waals surface area (Å²) in [5.41, 5.74) is -0.00505. The topological polar surface area (TPSA) is 66.8 Å². The lowest BCUT2D eigenvalue weighted by molar-refractivity contribution is 0.0491. The maximum atomic E-state index is 11.6. The molecule has 0 spiro atoms. The van der Waals surface area contributed by atoms with Gasteiger partial charge in [0.25, 0.3) is 0 Å². The Morgan fingerprint density at radius 1 is 1.35 bits per heavy atom. The summed E-state index contributed by atoms with van der Waals surface area (Å²) < 4.78 is 5.00. The van der Waals surface area contributed by atoms with E-state index in [0.717, 1.165) is 12.8 Å². The lowest BCUT2D eigenvalue weighted by atomic mass is 10.1. The molecule has 0 saturated heterocycles. The van der Waals surface area contributed by atoms with Crippen LogP contribution in [0.2, 0.25) is 0 Å². The molecule has 0 amide bonds.